The Bertz CT molecular complexity index is 913. The summed E-state index contributed by atoms with van der Waals surface area (Å²) in [6.07, 6.45) is 1.39. The number of hydrazine groups is 1. The number of rotatable bonds is 11. The first-order chi connectivity index (χ1) is 14.9. The molecule has 0 bridgehead atoms. The van der Waals surface area contributed by atoms with E-state index < -0.39 is 5.91 Å². The number of benzene rings is 2. The van der Waals surface area contributed by atoms with Crippen LogP contribution < -0.4 is 25.1 Å². The van der Waals surface area contributed by atoms with E-state index in [2.05, 4.69) is 10.9 Å². The van der Waals surface area contributed by atoms with Gasteiger partial charge in [-0.05, 0) is 49.6 Å². The third-order valence-corrected chi connectivity index (χ3v) is 4.43. The Labute approximate surface area is 181 Å². The van der Waals surface area contributed by atoms with Gasteiger partial charge in [0.2, 0.25) is 5.91 Å². The minimum absolute atomic E-state index is 0.0662. The lowest BCUT2D eigenvalue weighted by Crippen LogP contribution is -2.43. The number of carbonyl (C=O) groups excluding carboxylic acids is 3. The highest BCUT2D eigenvalue weighted by molar-refractivity contribution is 5.94. The van der Waals surface area contributed by atoms with Crippen LogP contribution in [0.2, 0.25) is 0 Å². The number of ether oxygens (including phenoxy) is 3. The van der Waals surface area contributed by atoms with E-state index in [0.717, 1.165) is 12.0 Å². The summed E-state index contributed by atoms with van der Waals surface area (Å²) in [4.78, 5) is 35.2. The smallest absolute Gasteiger partial charge is 0.276 e. The number of nitrogens with one attached hydrogen (secondary N) is 2. The summed E-state index contributed by atoms with van der Waals surface area (Å²) in [5.41, 5.74) is 6.22. The van der Waals surface area contributed by atoms with Crippen molar-refractivity contribution in [1.29, 1.82) is 0 Å². The summed E-state index contributed by atoms with van der Waals surface area (Å²) in [5, 5.41) is 0. The zero-order valence-electron chi connectivity index (χ0n) is 18.0. The van der Waals surface area contributed by atoms with Crippen LogP contribution in [-0.2, 0) is 16.0 Å². The number of hydrogen-bond acceptors (Lipinski definition) is 6. The van der Waals surface area contributed by atoms with Gasteiger partial charge in [0.25, 0.3) is 5.91 Å². The second-order valence-electron chi connectivity index (χ2n) is 6.72. The zero-order chi connectivity index (χ0) is 22.6. The maximum Gasteiger partial charge on any atom is 0.276 e. The highest BCUT2D eigenvalue weighted by Crippen LogP contribution is 2.28. The first kappa shape index (κ1) is 23.7. The fraction of sp³-hybridized carbons (Fsp3) is 0.348. The fourth-order valence-electron chi connectivity index (χ4n) is 2.74. The van der Waals surface area contributed by atoms with Gasteiger partial charge in [-0.2, -0.15) is 0 Å². The van der Waals surface area contributed by atoms with Gasteiger partial charge in [0.05, 0.1) is 13.7 Å². The molecule has 2 amide bonds. The molecule has 0 saturated heterocycles. The van der Waals surface area contributed by atoms with Crippen molar-refractivity contribution in [2.45, 2.75) is 33.1 Å². The third kappa shape index (κ3) is 7.65. The van der Waals surface area contributed by atoms with E-state index in [1.54, 1.807) is 24.3 Å². The Kier molecular flexibility index (Phi) is 9.35. The SMILES string of the molecule is CCc1ccccc1OCC(=O)NNC(=O)CCCOc1ccc(C(C)=O)cc1OC. The van der Waals surface area contributed by atoms with Crippen molar-refractivity contribution in [3.63, 3.8) is 0 Å². The molecule has 2 aromatic carbocycles. The molecule has 2 N–H and O–H groups in total. The molecule has 166 valence electrons. The predicted octanol–water partition coefficient (Wildman–Crippen LogP) is 2.85. The van der Waals surface area contributed by atoms with E-state index in [9.17, 15) is 14.4 Å². The molecule has 2 rings (SSSR count). The van der Waals surface area contributed by atoms with Crippen LogP contribution in [-0.4, -0.2) is 37.9 Å². The molecule has 0 aliphatic heterocycles. The number of amides is 2. The lowest BCUT2D eigenvalue weighted by atomic mass is 10.1. The predicted molar refractivity (Wildman–Crippen MR) is 115 cm³/mol. The number of para-hydroxylation sites is 1. The van der Waals surface area contributed by atoms with Crippen LogP contribution in [0.25, 0.3) is 0 Å². The maximum absolute atomic E-state index is 11.9. The molecule has 2 aromatic rings. The molecule has 0 aromatic heterocycles. The van der Waals surface area contributed by atoms with Gasteiger partial charge in [-0.15, -0.1) is 0 Å². The van der Waals surface area contributed by atoms with E-state index >= 15 is 0 Å². The lowest BCUT2D eigenvalue weighted by molar-refractivity contribution is -0.130. The molecule has 0 unspecified atom stereocenters. The van der Waals surface area contributed by atoms with Gasteiger partial charge in [-0.1, -0.05) is 25.1 Å². The lowest BCUT2D eigenvalue weighted by Gasteiger charge is -2.12. The molecule has 0 spiro atoms. The molecule has 0 aliphatic carbocycles. The van der Waals surface area contributed by atoms with Gasteiger partial charge in [0, 0.05) is 12.0 Å². The molecule has 0 saturated carbocycles. The Balaban J connectivity index is 1.67. The first-order valence-corrected chi connectivity index (χ1v) is 10.0. The van der Waals surface area contributed by atoms with Crippen molar-refractivity contribution >= 4 is 17.6 Å². The molecular weight excluding hydrogens is 400 g/mol. The van der Waals surface area contributed by atoms with E-state index in [-0.39, 0.29) is 31.3 Å². The van der Waals surface area contributed by atoms with Crippen molar-refractivity contribution in [2.24, 2.45) is 0 Å². The Hall–Kier alpha value is -3.55. The Morgan fingerprint density at radius 3 is 2.35 bits per heavy atom. The van der Waals surface area contributed by atoms with Crippen LogP contribution in [0.15, 0.2) is 42.5 Å². The summed E-state index contributed by atoms with van der Waals surface area (Å²) in [5.74, 6) is 0.731. The van der Waals surface area contributed by atoms with Gasteiger partial charge in [0.15, 0.2) is 23.9 Å². The van der Waals surface area contributed by atoms with Crippen molar-refractivity contribution in [1.82, 2.24) is 10.9 Å². The van der Waals surface area contributed by atoms with Gasteiger partial charge < -0.3 is 14.2 Å². The average molecular weight is 428 g/mol. The van der Waals surface area contributed by atoms with Gasteiger partial charge in [-0.3, -0.25) is 25.2 Å². The minimum atomic E-state index is -0.453. The molecule has 0 aliphatic rings. The standard InChI is InChI=1S/C23H28N2O6/c1-4-17-8-5-6-9-19(17)31-15-23(28)25-24-22(27)10-7-13-30-20-12-11-18(16(2)26)14-21(20)29-3/h5-6,8-9,11-12,14H,4,7,10,13,15H2,1-3H3,(H,24,27)(H,25,28). The highest BCUT2D eigenvalue weighted by Gasteiger charge is 2.10. The summed E-state index contributed by atoms with van der Waals surface area (Å²) >= 11 is 0. The molecule has 0 radical (unpaired) electrons. The van der Waals surface area contributed by atoms with Crippen LogP contribution in [0, 0.1) is 0 Å². The summed E-state index contributed by atoms with van der Waals surface area (Å²) in [6.45, 7) is 3.55. The van der Waals surface area contributed by atoms with E-state index in [1.165, 1.54) is 14.0 Å². The highest BCUT2D eigenvalue weighted by atomic mass is 16.5. The molecule has 8 nitrogen and oxygen atoms in total. The fourth-order valence-corrected chi connectivity index (χ4v) is 2.74. The molecule has 0 atom stereocenters. The summed E-state index contributed by atoms with van der Waals surface area (Å²) in [6, 6.07) is 12.4. The van der Waals surface area contributed by atoms with Crippen LogP contribution in [0.3, 0.4) is 0 Å². The van der Waals surface area contributed by atoms with Gasteiger partial charge >= 0.3 is 0 Å². The van der Waals surface area contributed by atoms with Crippen LogP contribution >= 0.6 is 0 Å². The van der Waals surface area contributed by atoms with E-state index in [4.69, 9.17) is 14.2 Å². The molecule has 8 heteroatoms. The normalized spacial score (nSPS) is 10.2. The quantitative estimate of drug-likeness (QED) is 0.324. The number of Topliss-reactive ketones (excluding diaryl/α,β-unsaturated/α-hetero) is 1. The largest absolute Gasteiger partial charge is 0.493 e. The summed E-state index contributed by atoms with van der Waals surface area (Å²) < 4.78 is 16.4. The molecule has 31 heavy (non-hydrogen) atoms. The number of aryl methyl sites for hydroxylation is 1. The van der Waals surface area contributed by atoms with Crippen LogP contribution in [0.4, 0.5) is 0 Å². The Morgan fingerprint density at radius 1 is 0.903 bits per heavy atom. The Morgan fingerprint density at radius 2 is 1.65 bits per heavy atom. The zero-order valence-corrected chi connectivity index (χ0v) is 18.0. The molecule has 0 heterocycles. The number of hydrogen-bond donors (Lipinski definition) is 2. The average Bonchev–Trinajstić information content (AvgIpc) is 2.79. The minimum Gasteiger partial charge on any atom is -0.493 e. The van der Waals surface area contributed by atoms with Crippen molar-refractivity contribution in [2.75, 3.05) is 20.3 Å². The first-order valence-electron chi connectivity index (χ1n) is 10.0. The second kappa shape index (κ2) is 12.2. The van der Waals surface area contributed by atoms with Gasteiger partial charge in [-0.25, -0.2) is 0 Å². The van der Waals surface area contributed by atoms with Gasteiger partial charge in [0.1, 0.15) is 5.75 Å². The summed E-state index contributed by atoms with van der Waals surface area (Å²) in [7, 11) is 1.49. The van der Waals surface area contributed by atoms with E-state index in [1.807, 2.05) is 25.1 Å². The van der Waals surface area contributed by atoms with Crippen molar-refractivity contribution < 1.29 is 28.6 Å². The van der Waals surface area contributed by atoms with Crippen molar-refractivity contribution in [3.05, 3.63) is 53.6 Å². The number of methoxy groups -OCH3 is 1. The van der Waals surface area contributed by atoms with Crippen molar-refractivity contribution in [3.8, 4) is 17.2 Å². The number of carbonyl (C=O) groups is 3. The number of ketones is 1. The second-order valence-corrected chi connectivity index (χ2v) is 6.72. The van der Waals surface area contributed by atoms with Crippen LogP contribution in [0.1, 0.15) is 42.6 Å². The molecular formula is C23H28N2O6. The monoisotopic (exact) mass is 428 g/mol. The maximum atomic E-state index is 11.9. The van der Waals surface area contributed by atoms with Crippen LogP contribution in [0.5, 0.6) is 17.2 Å². The third-order valence-electron chi connectivity index (χ3n) is 4.43. The van der Waals surface area contributed by atoms with E-state index in [0.29, 0.717) is 29.2 Å². The molecule has 0 fully saturated rings. The topological polar surface area (TPSA) is 103 Å².